The molecule has 1 aliphatic rings. The summed E-state index contributed by atoms with van der Waals surface area (Å²) in [6.45, 7) is 5.19. The Morgan fingerprint density at radius 1 is 1.47 bits per heavy atom. The van der Waals surface area contributed by atoms with Crippen molar-refractivity contribution < 1.29 is 4.39 Å². The lowest BCUT2D eigenvalue weighted by atomic mass is 9.99. The van der Waals surface area contributed by atoms with Crippen molar-refractivity contribution in [3.05, 3.63) is 34.1 Å². The normalized spacial score (nSPS) is 25.8. The summed E-state index contributed by atoms with van der Waals surface area (Å²) < 4.78 is 14.8. The van der Waals surface area contributed by atoms with Gasteiger partial charge in [0.25, 0.3) is 0 Å². The Bertz CT molecular complexity index is 408. The highest BCUT2D eigenvalue weighted by Crippen LogP contribution is 2.35. The average molecular weight is 301 g/mol. The number of hydrogen-bond acceptors (Lipinski definition) is 2. The number of nitrogens with two attached hydrogens (primary N) is 1. The zero-order chi connectivity index (χ0) is 12.6. The quantitative estimate of drug-likeness (QED) is 0.909. The number of benzene rings is 1. The van der Waals surface area contributed by atoms with Crippen molar-refractivity contribution >= 4 is 15.9 Å². The second-order valence-corrected chi connectivity index (χ2v) is 5.81. The van der Waals surface area contributed by atoms with E-state index in [9.17, 15) is 4.39 Å². The third-order valence-corrected chi connectivity index (χ3v) is 3.92. The van der Waals surface area contributed by atoms with Crippen molar-refractivity contribution in [1.82, 2.24) is 4.90 Å². The minimum absolute atomic E-state index is 0.00694. The molecule has 1 aromatic carbocycles. The molecule has 1 aromatic rings. The number of rotatable bonds is 2. The van der Waals surface area contributed by atoms with E-state index in [0.717, 1.165) is 17.4 Å². The molecule has 0 aliphatic carbocycles. The second-order valence-electron chi connectivity index (χ2n) is 4.89. The first kappa shape index (κ1) is 13.0. The van der Waals surface area contributed by atoms with Crippen LogP contribution in [0.15, 0.2) is 22.7 Å². The van der Waals surface area contributed by atoms with E-state index in [4.69, 9.17) is 5.73 Å². The molecule has 4 heteroatoms. The number of hydrogen-bond donors (Lipinski definition) is 1. The van der Waals surface area contributed by atoms with Crippen LogP contribution < -0.4 is 5.73 Å². The molecule has 17 heavy (non-hydrogen) atoms. The lowest BCUT2D eigenvalue weighted by molar-refractivity contribution is 0.194. The van der Waals surface area contributed by atoms with Crippen LogP contribution in [0, 0.1) is 5.82 Å². The fraction of sp³-hybridized carbons (Fsp3) is 0.538. The van der Waals surface area contributed by atoms with Crippen LogP contribution >= 0.6 is 15.9 Å². The SMILES string of the molecule is CC(C)N1CCC(N)C1c1cc(Br)ccc1F. The van der Waals surface area contributed by atoms with Gasteiger partial charge in [-0.1, -0.05) is 15.9 Å². The van der Waals surface area contributed by atoms with Gasteiger partial charge in [0.15, 0.2) is 0 Å². The molecule has 2 rings (SSSR count). The van der Waals surface area contributed by atoms with Crippen molar-refractivity contribution in [3.63, 3.8) is 0 Å². The Morgan fingerprint density at radius 3 is 2.82 bits per heavy atom. The second kappa shape index (κ2) is 5.04. The number of nitrogens with zero attached hydrogens (tertiary/aromatic N) is 1. The lowest BCUT2D eigenvalue weighted by Gasteiger charge is -2.30. The summed E-state index contributed by atoms with van der Waals surface area (Å²) in [6, 6.07) is 5.46. The molecule has 0 aromatic heterocycles. The molecule has 2 N–H and O–H groups in total. The van der Waals surface area contributed by atoms with Crippen LogP contribution in [-0.2, 0) is 0 Å². The van der Waals surface area contributed by atoms with Crippen LogP contribution in [0.4, 0.5) is 4.39 Å². The van der Waals surface area contributed by atoms with Gasteiger partial charge in [-0.25, -0.2) is 4.39 Å². The van der Waals surface area contributed by atoms with E-state index in [2.05, 4.69) is 34.7 Å². The fourth-order valence-corrected chi connectivity index (χ4v) is 2.95. The van der Waals surface area contributed by atoms with Crippen molar-refractivity contribution in [3.8, 4) is 0 Å². The van der Waals surface area contributed by atoms with E-state index in [1.807, 2.05) is 6.07 Å². The average Bonchev–Trinajstić information content (AvgIpc) is 2.64. The summed E-state index contributed by atoms with van der Waals surface area (Å²) in [5, 5.41) is 0. The van der Waals surface area contributed by atoms with Crippen molar-refractivity contribution in [2.75, 3.05) is 6.54 Å². The van der Waals surface area contributed by atoms with E-state index >= 15 is 0 Å². The van der Waals surface area contributed by atoms with Gasteiger partial charge in [0, 0.05) is 28.7 Å². The maximum Gasteiger partial charge on any atom is 0.128 e. The molecule has 1 fully saturated rings. The molecular formula is C13H18BrFN2. The van der Waals surface area contributed by atoms with Gasteiger partial charge in [0.05, 0.1) is 6.04 Å². The van der Waals surface area contributed by atoms with Crippen LogP contribution in [-0.4, -0.2) is 23.5 Å². The summed E-state index contributed by atoms with van der Waals surface area (Å²) in [5.74, 6) is -0.166. The standard InChI is InChI=1S/C13H18BrFN2/c1-8(2)17-6-5-12(16)13(17)10-7-9(14)3-4-11(10)15/h3-4,7-8,12-13H,5-6,16H2,1-2H3. The highest BCUT2D eigenvalue weighted by atomic mass is 79.9. The number of halogens is 2. The van der Waals surface area contributed by atoms with Gasteiger partial charge in [-0.2, -0.15) is 0 Å². The predicted molar refractivity (Wildman–Crippen MR) is 71.3 cm³/mol. The van der Waals surface area contributed by atoms with E-state index in [1.165, 1.54) is 6.07 Å². The molecule has 0 radical (unpaired) electrons. The Kier molecular flexibility index (Phi) is 3.85. The first-order valence-corrected chi connectivity index (χ1v) is 6.76. The van der Waals surface area contributed by atoms with Crippen LogP contribution in [0.3, 0.4) is 0 Å². The molecule has 1 aliphatic heterocycles. The largest absolute Gasteiger partial charge is 0.326 e. The van der Waals surface area contributed by atoms with Crippen molar-refractivity contribution in [2.24, 2.45) is 5.73 Å². The number of likely N-dealkylation sites (tertiary alicyclic amines) is 1. The molecule has 0 bridgehead atoms. The van der Waals surface area contributed by atoms with Gasteiger partial charge in [0.1, 0.15) is 5.82 Å². The predicted octanol–water partition coefficient (Wildman–Crippen LogP) is 3.07. The summed E-state index contributed by atoms with van der Waals surface area (Å²) in [5.41, 5.74) is 6.84. The van der Waals surface area contributed by atoms with Gasteiger partial charge >= 0.3 is 0 Å². The molecule has 0 saturated carbocycles. The Morgan fingerprint density at radius 2 is 2.18 bits per heavy atom. The van der Waals surface area contributed by atoms with Crippen LogP contribution in [0.25, 0.3) is 0 Å². The molecule has 2 unspecified atom stereocenters. The molecule has 2 nitrogen and oxygen atoms in total. The molecule has 0 amide bonds. The van der Waals surface area contributed by atoms with E-state index < -0.39 is 0 Å². The van der Waals surface area contributed by atoms with Gasteiger partial charge in [-0.15, -0.1) is 0 Å². The van der Waals surface area contributed by atoms with Crippen LogP contribution in [0.5, 0.6) is 0 Å². The fourth-order valence-electron chi connectivity index (χ4n) is 2.57. The Balaban J connectivity index is 2.39. The summed E-state index contributed by atoms with van der Waals surface area (Å²) in [4.78, 5) is 2.27. The van der Waals surface area contributed by atoms with Gasteiger partial charge in [0.2, 0.25) is 0 Å². The summed E-state index contributed by atoms with van der Waals surface area (Å²) in [6.07, 6.45) is 0.925. The first-order valence-electron chi connectivity index (χ1n) is 5.97. The smallest absolute Gasteiger partial charge is 0.128 e. The van der Waals surface area contributed by atoms with Crippen molar-refractivity contribution in [2.45, 2.75) is 38.4 Å². The van der Waals surface area contributed by atoms with Crippen LogP contribution in [0.1, 0.15) is 31.9 Å². The summed E-state index contributed by atoms with van der Waals surface area (Å²) in [7, 11) is 0. The van der Waals surface area contributed by atoms with E-state index in [1.54, 1.807) is 6.07 Å². The lowest BCUT2D eigenvalue weighted by Crippen LogP contribution is -2.36. The molecule has 1 heterocycles. The molecule has 94 valence electrons. The molecule has 0 spiro atoms. The van der Waals surface area contributed by atoms with Gasteiger partial charge < -0.3 is 5.73 Å². The Labute approximate surface area is 110 Å². The van der Waals surface area contributed by atoms with E-state index in [-0.39, 0.29) is 17.9 Å². The molecule has 1 saturated heterocycles. The maximum atomic E-state index is 13.9. The van der Waals surface area contributed by atoms with Crippen LogP contribution in [0.2, 0.25) is 0 Å². The first-order chi connectivity index (χ1) is 8.00. The third kappa shape index (κ3) is 2.54. The van der Waals surface area contributed by atoms with Gasteiger partial charge in [-0.3, -0.25) is 4.90 Å². The zero-order valence-electron chi connectivity index (χ0n) is 10.2. The summed E-state index contributed by atoms with van der Waals surface area (Å²) >= 11 is 3.39. The zero-order valence-corrected chi connectivity index (χ0v) is 11.7. The maximum absolute atomic E-state index is 13.9. The highest BCUT2D eigenvalue weighted by Gasteiger charge is 2.35. The topological polar surface area (TPSA) is 29.3 Å². The molecular weight excluding hydrogens is 283 g/mol. The molecule has 2 atom stereocenters. The van der Waals surface area contributed by atoms with E-state index in [0.29, 0.717) is 11.6 Å². The van der Waals surface area contributed by atoms with Gasteiger partial charge in [-0.05, 0) is 38.5 Å². The monoisotopic (exact) mass is 300 g/mol. The minimum Gasteiger partial charge on any atom is -0.326 e. The minimum atomic E-state index is -0.166. The Hall–Kier alpha value is -0.450. The van der Waals surface area contributed by atoms with Crippen molar-refractivity contribution in [1.29, 1.82) is 0 Å². The third-order valence-electron chi connectivity index (χ3n) is 3.42. The highest BCUT2D eigenvalue weighted by molar-refractivity contribution is 9.10.